The van der Waals surface area contributed by atoms with E-state index in [2.05, 4.69) is 296 Å². The molecule has 5 nitrogen and oxygen atoms in total. The molecule has 0 aliphatic rings. The molecule has 0 N–H and O–H groups in total. The Morgan fingerprint density at radius 2 is 0.615 bits per heavy atom. The van der Waals surface area contributed by atoms with Crippen LogP contribution in [-0.4, -0.2) is 4.57 Å². The third kappa shape index (κ3) is 12.4. The molecule has 0 saturated carbocycles. The molecule has 0 aliphatic carbocycles. The molecule has 458 valence electrons. The number of para-hydroxylation sites is 7. The maximum atomic E-state index is 6.01. The Bertz CT molecular complexity index is 5230. The van der Waals surface area contributed by atoms with Crippen LogP contribution in [0, 0.1) is 0 Å². The zero-order chi connectivity index (χ0) is 64.2. The summed E-state index contributed by atoms with van der Waals surface area (Å²) in [5.74, 6) is 0. The lowest BCUT2D eigenvalue weighted by atomic mass is 9.84. The summed E-state index contributed by atoms with van der Waals surface area (Å²) >= 11 is 0. The highest BCUT2D eigenvalue weighted by molar-refractivity contribution is 6.12. The Morgan fingerprint density at radius 1 is 0.231 bits per heavy atom. The highest BCUT2D eigenvalue weighted by atomic mass is 16.3. The molecule has 91 heavy (non-hydrogen) atoms. The van der Waals surface area contributed by atoms with Gasteiger partial charge in [0, 0.05) is 65.1 Å². The topological polar surface area (TPSA) is 57.5 Å². The number of hydrogen-bond donors (Lipinski definition) is 0. The van der Waals surface area contributed by atoms with Crippen LogP contribution in [0.4, 0.5) is 0 Å². The summed E-state index contributed by atoms with van der Waals surface area (Å²) in [4.78, 5) is 0. The van der Waals surface area contributed by atoms with Crippen molar-refractivity contribution >= 4 is 110 Å². The Morgan fingerprint density at radius 3 is 1.22 bits per heavy atom. The Labute approximate surface area is 535 Å². The average molecular weight is 1200 g/mol. The maximum Gasteiger partial charge on any atom is 0.139 e. The van der Waals surface area contributed by atoms with Crippen LogP contribution in [0.5, 0.6) is 0 Å². The Kier molecular flexibility index (Phi) is 16.3. The first-order chi connectivity index (χ1) is 43.3. The molecule has 0 aliphatic heterocycles. The molecular weight excluding hydrogens is 1110 g/mol. The van der Waals surface area contributed by atoms with Gasteiger partial charge in [-0.05, 0) is 122 Å². The third-order valence-corrected chi connectivity index (χ3v) is 17.4. The minimum absolute atomic E-state index is 0.105. The van der Waals surface area contributed by atoms with E-state index in [1.807, 2.05) is 54.6 Å². The summed E-state index contributed by atoms with van der Waals surface area (Å²) in [6.07, 6.45) is 0. The molecule has 5 heterocycles. The molecule has 0 bridgehead atoms. The number of fused-ring (bicyclic) bond motifs is 15. The molecular formula is C86H85NO4. The zero-order valence-corrected chi connectivity index (χ0v) is 55.7. The summed E-state index contributed by atoms with van der Waals surface area (Å²) in [5.41, 5.74) is 19.0. The van der Waals surface area contributed by atoms with Crippen LogP contribution in [0.2, 0.25) is 0 Å². The van der Waals surface area contributed by atoms with E-state index >= 15 is 0 Å². The first-order valence-electron chi connectivity index (χ1n) is 32.1. The second-order valence-corrected chi connectivity index (χ2v) is 29.3. The van der Waals surface area contributed by atoms with E-state index < -0.39 is 0 Å². The van der Waals surface area contributed by atoms with Gasteiger partial charge < -0.3 is 22.2 Å². The molecule has 0 saturated heterocycles. The lowest BCUT2D eigenvalue weighted by molar-refractivity contribution is 0.573. The van der Waals surface area contributed by atoms with Gasteiger partial charge in [0.25, 0.3) is 0 Å². The summed E-state index contributed by atoms with van der Waals surface area (Å²) in [6.45, 7) is 33.6. The van der Waals surface area contributed by atoms with Gasteiger partial charge in [-0.15, -0.1) is 0 Å². The van der Waals surface area contributed by atoms with Gasteiger partial charge in [-0.25, -0.2) is 0 Å². The molecule has 0 fully saturated rings. The van der Waals surface area contributed by atoms with Crippen molar-refractivity contribution in [3.63, 3.8) is 0 Å². The fourth-order valence-electron chi connectivity index (χ4n) is 12.6. The van der Waals surface area contributed by atoms with Gasteiger partial charge in [0.15, 0.2) is 0 Å². The van der Waals surface area contributed by atoms with E-state index in [4.69, 9.17) is 17.7 Å². The summed E-state index contributed by atoms with van der Waals surface area (Å²) in [6, 6.07) is 84.6. The predicted molar refractivity (Wildman–Crippen MR) is 389 cm³/mol. The molecule has 5 aromatic heterocycles. The van der Waals surface area contributed by atoms with E-state index in [-0.39, 0.29) is 27.1 Å². The minimum atomic E-state index is 0.105. The van der Waals surface area contributed by atoms with Crippen molar-refractivity contribution in [3.05, 3.63) is 270 Å². The van der Waals surface area contributed by atoms with Crippen molar-refractivity contribution in [2.45, 2.75) is 131 Å². The maximum absolute atomic E-state index is 6.01. The molecule has 0 unspecified atom stereocenters. The van der Waals surface area contributed by atoms with E-state index in [0.717, 1.165) is 44.7 Å². The van der Waals surface area contributed by atoms with Gasteiger partial charge in [-0.3, -0.25) is 0 Å². The Hall–Kier alpha value is -9.58. The fraction of sp³-hybridized carbons (Fsp3) is 0.233. The molecule has 16 aromatic rings. The van der Waals surface area contributed by atoms with Crippen LogP contribution in [0.3, 0.4) is 0 Å². The van der Waals surface area contributed by atoms with E-state index in [0.29, 0.717) is 0 Å². The van der Waals surface area contributed by atoms with Crippen molar-refractivity contribution in [2.24, 2.45) is 0 Å². The quantitative estimate of drug-likeness (QED) is 0.164. The fourth-order valence-corrected chi connectivity index (χ4v) is 12.6. The summed E-state index contributed by atoms with van der Waals surface area (Å²) in [5, 5.41) is 12.4. The Balaban J connectivity index is 0.000000111. The van der Waals surface area contributed by atoms with Gasteiger partial charge in [0.2, 0.25) is 0 Å². The predicted octanol–water partition coefficient (Wildman–Crippen LogP) is 25.6. The van der Waals surface area contributed by atoms with Crippen molar-refractivity contribution in [3.8, 4) is 5.69 Å². The van der Waals surface area contributed by atoms with Gasteiger partial charge in [0.05, 0.1) is 11.0 Å². The molecule has 0 atom stereocenters. The summed E-state index contributed by atoms with van der Waals surface area (Å²) < 4.78 is 26.0. The second kappa shape index (κ2) is 24.0. The summed E-state index contributed by atoms with van der Waals surface area (Å²) in [7, 11) is 0. The van der Waals surface area contributed by atoms with E-state index in [9.17, 15) is 0 Å². The minimum Gasteiger partial charge on any atom is -0.456 e. The number of benzene rings is 11. The molecule has 16 rings (SSSR count). The van der Waals surface area contributed by atoms with Gasteiger partial charge in [0.1, 0.15) is 44.7 Å². The number of hydrogen-bond acceptors (Lipinski definition) is 4. The zero-order valence-electron chi connectivity index (χ0n) is 55.7. The number of furan rings is 4. The molecule has 0 spiro atoms. The van der Waals surface area contributed by atoms with Crippen LogP contribution in [0.25, 0.3) is 115 Å². The van der Waals surface area contributed by atoms with E-state index in [1.54, 1.807) is 0 Å². The third-order valence-electron chi connectivity index (χ3n) is 17.4. The normalized spacial score (nSPS) is 12.3. The number of nitrogens with zero attached hydrogens (tertiary/aromatic N) is 1. The SMILES string of the molecule is CC(C)(C)c1ccc2c(c1)oc1ccccc12.CC(C)(C)c1ccc2oc3ccccc3c2c1.CC(C)(C)c1cccc2c1c1ccccc1n2-c1ccccc1.CC(C)(C)c1cccc2c1oc1ccccc12.CC(C)(C)c1cccc2oc3ccccc3c12. The van der Waals surface area contributed by atoms with Crippen LogP contribution in [-0.2, 0) is 27.1 Å². The van der Waals surface area contributed by atoms with Crippen LogP contribution in [0.1, 0.15) is 132 Å². The van der Waals surface area contributed by atoms with Crippen LogP contribution >= 0.6 is 0 Å². The molecule has 5 heteroatoms. The monoisotopic (exact) mass is 1200 g/mol. The van der Waals surface area contributed by atoms with Crippen LogP contribution in [0.15, 0.2) is 260 Å². The van der Waals surface area contributed by atoms with Crippen molar-refractivity contribution in [2.75, 3.05) is 0 Å². The van der Waals surface area contributed by atoms with Crippen molar-refractivity contribution < 1.29 is 17.7 Å². The largest absolute Gasteiger partial charge is 0.456 e. The van der Waals surface area contributed by atoms with E-state index in [1.165, 1.54) is 98.4 Å². The highest BCUT2D eigenvalue weighted by Crippen LogP contribution is 2.41. The second-order valence-electron chi connectivity index (χ2n) is 29.3. The van der Waals surface area contributed by atoms with Gasteiger partial charge >= 0.3 is 0 Å². The number of rotatable bonds is 1. The first kappa shape index (κ1) is 61.6. The lowest BCUT2D eigenvalue weighted by Crippen LogP contribution is -2.11. The van der Waals surface area contributed by atoms with Crippen LogP contribution < -0.4 is 0 Å². The molecule has 11 aromatic carbocycles. The highest BCUT2D eigenvalue weighted by Gasteiger charge is 2.24. The molecule has 0 radical (unpaired) electrons. The smallest absolute Gasteiger partial charge is 0.139 e. The average Bonchev–Trinajstić information content (AvgIpc) is 1.63. The molecule has 0 amide bonds. The van der Waals surface area contributed by atoms with Crippen molar-refractivity contribution in [1.29, 1.82) is 0 Å². The number of aromatic nitrogens is 1. The first-order valence-corrected chi connectivity index (χ1v) is 32.1. The lowest BCUT2D eigenvalue weighted by Gasteiger charge is -2.20. The standard InChI is InChI=1S/C22H21N.4C16H16O/c1-22(2,3)18-13-9-15-20-21(18)17-12-7-8-14-19(17)23(20)16-10-5-4-6-11-16;1-16(2,3)13-9-6-8-12-11-7-4-5-10-14(11)17-15(12)13;1-16(2,3)12-8-6-10-14-15(12)11-7-4-5-9-13(11)17-14;1-16(2,3)11-8-9-15-13(10-11)12-6-4-5-7-14(12)17-15;1-16(2,3)11-8-9-13-12-6-4-5-7-14(12)17-15(13)10-11/h4-15H,1-3H3;4*4-10H,1-3H3. The van der Waals surface area contributed by atoms with Gasteiger partial charge in [-0.1, -0.05) is 274 Å². The van der Waals surface area contributed by atoms with Crippen molar-refractivity contribution in [1.82, 2.24) is 4.57 Å². The van der Waals surface area contributed by atoms with Gasteiger partial charge in [-0.2, -0.15) is 0 Å².